The van der Waals surface area contributed by atoms with Crippen molar-refractivity contribution in [2.75, 3.05) is 28.4 Å². The summed E-state index contributed by atoms with van der Waals surface area (Å²) in [5.74, 6) is 1.40. The molecule has 4 rings (SSSR count). The van der Waals surface area contributed by atoms with Gasteiger partial charge < -0.3 is 28.4 Å². The lowest BCUT2D eigenvalue weighted by Gasteiger charge is -2.12. The second-order valence-corrected chi connectivity index (χ2v) is 7.13. The maximum atomic E-state index is 12.9. The van der Waals surface area contributed by atoms with E-state index >= 15 is 0 Å². The lowest BCUT2D eigenvalue weighted by molar-refractivity contribution is 0.0727. The average Bonchev–Trinajstić information content (AvgIpc) is 3.17. The SMILES string of the molecule is COc1ccc(OC)c(/C=C2\Oc3cc(OC(=O)c4c(OC)cccc4OC)ccc3C2=O)c1. The molecule has 0 saturated carbocycles. The topological polar surface area (TPSA) is 89.5 Å². The summed E-state index contributed by atoms with van der Waals surface area (Å²) in [7, 11) is 5.99. The fraction of sp³-hybridized carbons (Fsp3) is 0.154. The van der Waals surface area contributed by atoms with Crippen molar-refractivity contribution in [3.8, 4) is 34.5 Å². The van der Waals surface area contributed by atoms with E-state index in [1.54, 1.807) is 55.7 Å². The molecular weight excluding hydrogens is 440 g/mol. The Morgan fingerprint density at radius 3 is 2.12 bits per heavy atom. The molecule has 8 nitrogen and oxygen atoms in total. The molecule has 174 valence electrons. The van der Waals surface area contributed by atoms with Gasteiger partial charge in [0.2, 0.25) is 5.78 Å². The minimum absolute atomic E-state index is 0.108. The van der Waals surface area contributed by atoms with Crippen molar-refractivity contribution in [1.29, 1.82) is 0 Å². The Balaban J connectivity index is 1.61. The molecule has 1 aliphatic heterocycles. The van der Waals surface area contributed by atoms with E-state index < -0.39 is 5.97 Å². The van der Waals surface area contributed by atoms with Crippen LogP contribution in [0, 0.1) is 0 Å². The Labute approximate surface area is 196 Å². The van der Waals surface area contributed by atoms with Gasteiger partial charge in [-0.3, -0.25) is 4.79 Å². The molecule has 0 spiro atoms. The van der Waals surface area contributed by atoms with E-state index in [4.69, 9.17) is 28.4 Å². The van der Waals surface area contributed by atoms with Gasteiger partial charge in [0.15, 0.2) is 5.76 Å². The van der Waals surface area contributed by atoms with Crippen molar-refractivity contribution in [2.45, 2.75) is 0 Å². The largest absolute Gasteiger partial charge is 0.497 e. The van der Waals surface area contributed by atoms with Gasteiger partial charge in [0, 0.05) is 11.6 Å². The van der Waals surface area contributed by atoms with Gasteiger partial charge in [0.25, 0.3) is 0 Å². The standard InChI is InChI=1S/C26H22O8/c1-29-16-9-11-19(30-2)15(12-16)13-23-25(27)18-10-8-17(14-22(18)34-23)33-26(28)24-20(31-3)6-5-7-21(24)32-4/h5-14H,1-4H3/b23-13-. The van der Waals surface area contributed by atoms with Crippen LogP contribution in [0.2, 0.25) is 0 Å². The molecule has 1 heterocycles. The van der Waals surface area contributed by atoms with Gasteiger partial charge >= 0.3 is 5.97 Å². The lowest BCUT2D eigenvalue weighted by atomic mass is 10.1. The van der Waals surface area contributed by atoms with Crippen LogP contribution >= 0.6 is 0 Å². The molecule has 0 bridgehead atoms. The quantitative estimate of drug-likeness (QED) is 0.287. The van der Waals surface area contributed by atoms with Crippen LogP contribution in [0.25, 0.3) is 6.08 Å². The van der Waals surface area contributed by atoms with Crippen molar-refractivity contribution in [2.24, 2.45) is 0 Å². The molecule has 3 aromatic rings. The number of carbonyl (C=O) groups is 2. The number of Topliss-reactive ketones (excluding diaryl/α,β-unsaturated/α-hetero) is 1. The maximum absolute atomic E-state index is 12.9. The Morgan fingerprint density at radius 2 is 1.47 bits per heavy atom. The number of hydrogen-bond donors (Lipinski definition) is 0. The van der Waals surface area contributed by atoms with Gasteiger partial charge in [-0.15, -0.1) is 0 Å². The van der Waals surface area contributed by atoms with Gasteiger partial charge in [-0.25, -0.2) is 4.79 Å². The van der Waals surface area contributed by atoms with E-state index in [-0.39, 0.29) is 28.6 Å². The molecule has 0 N–H and O–H groups in total. The number of fused-ring (bicyclic) bond motifs is 1. The highest BCUT2D eigenvalue weighted by molar-refractivity contribution is 6.14. The summed E-state index contributed by atoms with van der Waals surface area (Å²) < 4.78 is 32.5. The van der Waals surface area contributed by atoms with Crippen molar-refractivity contribution in [1.82, 2.24) is 0 Å². The fourth-order valence-electron chi connectivity index (χ4n) is 3.53. The number of ketones is 1. The van der Waals surface area contributed by atoms with Crippen LogP contribution in [-0.2, 0) is 0 Å². The first-order valence-corrected chi connectivity index (χ1v) is 10.2. The zero-order valence-corrected chi connectivity index (χ0v) is 19.0. The summed E-state index contributed by atoms with van der Waals surface area (Å²) in [6, 6.07) is 14.7. The third kappa shape index (κ3) is 4.25. The maximum Gasteiger partial charge on any atom is 0.351 e. The zero-order chi connectivity index (χ0) is 24.2. The molecule has 8 heteroatoms. The average molecular weight is 462 g/mol. The highest BCUT2D eigenvalue weighted by Crippen LogP contribution is 2.37. The van der Waals surface area contributed by atoms with Crippen molar-refractivity contribution in [3.05, 3.63) is 77.0 Å². The second-order valence-electron chi connectivity index (χ2n) is 7.13. The molecule has 34 heavy (non-hydrogen) atoms. The Hall–Kier alpha value is -4.46. The highest BCUT2D eigenvalue weighted by Gasteiger charge is 2.29. The van der Waals surface area contributed by atoms with E-state index in [0.717, 1.165) is 0 Å². The predicted molar refractivity (Wildman–Crippen MR) is 123 cm³/mol. The minimum atomic E-state index is -0.671. The molecule has 0 atom stereocenters. The molecule has 0 aromatic heterocycles. The van der Waals surface area contributed by atoms with Crippen LogP contribution < -0.4 is 28.4 Å². The molecule has 0 saturated heterocycles. The molecule has 0 aliphatic carbocycles. The van der Waals surface area contributed by atoms with Crippen molar-refractivity contribution >= 4 is 17.8 Å². The van der Waals surface area contributed by atoms with Gasteiger partial charge in [0.05, 0.1) is 34.0 Å². The van der Waals surface area contributed by atoms with Crippen LogP contribution in [0.1, 0.15) is 26.3 Å². The smallest absolute Gasteiger partial charge is 0.351 e. The number of allylic oxidation sites excluding steroid dienone is 1. The first-order valence-electron chi connectivity index (χ1n) is 10.2. The lowest BCUT2D eigenvalue weighted by Crippen LogP contribution is -2.12. The minimum Gasteiger partial charge on any atom is -0.497 e. The van der Waals surface area contributed by atoms with Crippen molar-refractivity contribution in [3.63, 3.8) is 0 Å². The van der Waals surface area contributed by atoms with E-state index in [1.807, 2.05) is 0 Å². The number of hydrogen-bond acceptors (Lipinski definition) is 8. The number of carbonyl (C=O) groups excluding carboxylic acids is 2. The van der Waals surface area contributed by atoms with Crippen molar-refractivity contribution < 1.29 is 38.0 Å². The van der Waals surface area contributed by atoms with Crippen LogP contribution in [0.4, 0.5) is 0 Å². The third-order valence-corrected chi connectivity index (χ3v) is 5.21. The molecule has 0 unspecified atom stereocenters. The molecule has 1 aliphatic rings. The summed E-state index contributed by atoms with van der Waals surface area (Å²) in [5, 5.41) is 0. The van der Waals surface area contributed by atoms with E-state index in [2.05, 4.69) is 0 Å². The van der Waals surface area contributed by atoms with Gasteiger partial charge in [0.1, 0.15) is 40.1 Å². The Kier molecular flexibility index (Phi) is 6.40. The van der Waals surface area contributed by atoms with Crippen LogP contribution in [0.3, 0.4) is 0 Å². The van der Waals surface area contributed by atoms with Gasteiger partial charge in [-0.1, -0.05) is 6.07 Å². The Morgan fingerprint density at radius 1 is 0.794 bits per heavy atom. The highest BCUT2D eigenvalue weighted by atomic mass is 16.5. The zero-order valence-electron chi connectivity index (χ0n) is 19.0. The fourth-order valence-corrected chi connectivity index (χ4v) is 3.53. The Bertz CT molecular complexity index is 1270. The number of ether oxygens (including phenoxy) is 6. The number of methoxy groups -OCH3 is 4. The second kappa shape index (κ2) is 9.58. The van der Waals surface area contributed by atoms with E-state index in [0.29, 0.717) is 34.1 Å². The predicted octanol–water partition coefficient (Wildman–Crippen LogP) is 4.56. The summed E-state index contributed by atoms with van der Waals surface area (Å²) in [6.45, 7) is 0. The normalized spacial score (nSPS) is 13.2. The number of esters is 1. The molecule has 3 aromatic carbocycles. The molecule has 0 fully saturated rings. The van der Waals surface area contributed by atoms with Crippen LogP contribution in [0.5, 0.6) is 34.5 Å². The monoisotopic (exact) mass is 462 g/mol. The summed E-state index contributed by atoms with van der Waals surface area (Å²) in [6.07, 6.45) is 1.58. The van der Waals surface area contributed by atoms with E-state index in [9.17, 15) is 9.59 Å². The third-order valence-electron chi connectivity index (χ3n) is 5.21. The van der Waals surface area contributed by atoms with Gasteiger partial charge in [-0.05, 0) is 48.5 Å². The number of benzene rings is 3. The number of rotatable bonds is 7. The van der Waals surface area contributed by atoms with E-state index in [1.165, 1.54) is 33.5 Å². The van der Waals surface area contributed by atoms with Crippen LogP contribution in [-0.4, -0.2) is 40.2 Å². The van der Waals surface area contributed by atoms with Crippen LogP contribution in [0.15, 0.2) is 60.4 Å². The summed E-state index contributed by atoms with van der Waals surface area (Å²) in [5.41, 5.74) is 1.12. The van der Waals surface area contributed by atoms with Gasteiger partial charge in [-0.2, -0.15) is 0 Å². The molecule has 0 radical (unpaired) electrons. The summed E-state index contributed by atoms with van der Waals surface area (Å²) >= 11 is 0. The summed E-state index contributed by atoms with van der Waals surface area (Å²) in [4.78, 5) is 25.7. The molecular formula is C26H22O8. The first-order chi connectivity index (χ1) is 16.5. The first kappa shape index (κ1) is 22.7. The molecule has 0 amide bonds.